The lowest BCUT2D eigenvalue weighted by Gasteiger charge is -2.08. The summed E-state index contributed by atoms with van der Waals surface area (Å²) in [4.78, 5) is 15.6. The molecule has 2 rings (SSSR count). The minimum absolute atomic E-state index is 0.161. The van der Waals surface area contributed by atoms with E-state index in [1.807, 2.05) is 25.1 Å². The number of halogens is 1. The molecule has 0 spiro atoms. The molecule has 0 aliphatic heterocycles. The molecule has 1 aromatic carbocycles. The van der Waals surface area contributed by atoms with Crippen LogP contribution in [-0.4, -0.2) is 4.98 Å². The highest BCUT2D eigenvalue weighted by molar-refractivity contribution is 9.10. The molecule has 0 aliphatic carbocycles. The predicted molar refractivity (Wildman–Crippen MR) is 71.0 cm³/mol. The van der Waals surface area contributed by atoms with Crippen molar-refractivity contribution in [3.63, 3.8) is 0 Å². The first kappa shape index (κ1) is 11.4. The molecule has 0 amide bonds. The number of rotatable bonds is 2. The number of aromatic amines is 1. The third kappa shape index (κ3) is 1.80. The van der Waals surface area contributed by atoms with Gasteiger partial charge in [-0.15, -0.1) is 0 Å². The average Bonchev–Trinajstić information content (AvgIpc) is 2.26. The van der Waals surface area contributed by atoms with Gasteiger partial charge in [-0.25, -0.2) is 0 Å². The molecule has 1 heterocycles. The molecule has 0 fully saturated rings. The summed E-state index contributed by atoms with van der Waals surface area (Å²) in [5, 5.41) is 0.767. The average molecular weight is 280 g/mol. The Morgan fingerprint density at radius 1 is 1.38 bits per heavy atom. The number of H-pyrrole nitrogens is 1. The summed E-state index contributed by atoms with van der Waals surface area (Å²) >= 11 is 3.46. The molecule has 2 nitrogen and oxygen atoms in total. The summed E-state index contributed by atoms with van der Waals surface area (Å²) in [5.41, 5.74) is 2.94. The Bertz CT molecular complexity index is 586. The zero-order valence-corrected chi connectivity index (χ0v) is 11.0. The van der Waals surface area contributed by atoms with Gasteiger partial charge in [0.25, 0.3) is 0 Å². The first-order chi connectivity index (χ1) is 7.65. The van der Waals surface area contributed by atoms with Gasteiger partial charge in [0.05, 0.1) is 5.52 Å². The molecule has 84 valence electrons. The second-order valence-electron chi connectivity index (χ2n) is 3.97. The molecule has 0 bridgehead atoms. The van der Waals surface area contributed by atoms with Crippen LogP contribution < -0.4 is 5.43 Å². The fourth-order valence-corrected chi connectivity index (χ4v) is 2.45. The zero-order valence-electron chi connectivity index (χ0n) is 9.43. The highest BCUT2D eigenvalue weighted by Gasteiger charge is 2.09. The molecule has 0 saturated carbocycles. The number of aromatic nitrogens is 1. The molecule has 0 radical (unpaired) electrons. The van der Waals surface area contributed by atoms with Gasteiger partial charge in [-0.1, -0.05) is 19.4 Å². The molecule has 1 N–H and O–H groups in total. The van der Waals surface area contributed by atoms with Gasteiger partial charge in [0.1, 0.15) is 0 Å². The molecule has 0 saturated heterocycles. The van der Waals surface area contributed by atoms with Gasteiger partial charge in [0, 0.05) is 21.1 Å². The lowest BCUT2D eigenvalue weighted by Crippen LogP contribution is -2.13. The van der Waals surface area contributed by atoms with E-state index in [9.17, 15) is 4.79 Å². The quantitative estimate of drug-likeness (QED) is 0.896. The van der Waals surface area contributed by atoms with E-state index in [1.54, 1.807) is 0 Å². The Morgan fingerprint density at radius 2 is 2.12 bits per heavy atom. The van der Waals surface area contributed by atoms with Gasteiger partial charge in [0.15, 0.2) is 5.43 Å². The number of benzene rings is 1. The van der Waals surface area contributed by atoms with Crippen molar-refractivity contribution in [3.05, 3.63) is 44.2 Å². The Hall–Kier alpha value is -1.09. The molecular weight excluding hydrogens is 266 g/mol. The summed E-state index contributed by atoms with van der Waals surface area (Å²) in [5.74, 6) is 0. The summed E-state index contributed by atoms with van der Waals surface area (Å²) in [7, 11) is 0. The van der Waals surface area contributed by atoms with E-state index in [-0.39, 0.29) is 5.43 Å². The number of pyridine rings is 1. The number of fused-ring (bicyclic) bond motifs is 1. The smallest absolute Gasteiger partial charge is 0.192 e. The van der Waals surface area contributed by atoms with Crippen molar-refractivity contribution in [2.45, 2.75) is 26.7 Å². The predicted octanol–water partition coefficient (Wildman–Crippen LogP) is 3.55. The standard InChI is InChI=1S/C13H14BrNO/c1-3-5-9-8(2)15-12-10(13(9)16)6-4-7-11(12)14/h4,6-7H,3,5H2,1-2H3,(H,15,16). The van der Waals surface area contributed by atoms with Gasteiger partial charge in [0.2, 0.25) is 0 Å². The van der Waals surface area contributed by atoms with E-state index in [2.05, 4.69) is 27.8 Å². The normalized spacial score (nSPS) is 10.9. The van der Waals surface area contributed by atoms with Crippen LogP contribution in [0.25, 0.3) is 10.9 Å². The molecule has 0 unspecified atom stereocenters. The number of para-hydroxylation sites is 1. The van der Waals surface area contributed by atoms with Gasteiger partial charge < -0.3 is 4.98 Å². The van der Waals surface area contributed by atoms with E-state index < -0.39 is 0 Å². The van der Waals surface area contributed by atoms with Crippen LogP contribution >= 0.6 is 15.9 Å². The van der Waals surface area contributed by atoms with Crippen molar-refractivity contribution < 1.29 is 0 Å². The van der Waals surface area contributed by atoms with Crippen LogP contribution in [-0.2, 0) is 6.42 Å². The molecule has 0 aliphatic rings. The van der Waals surface area contributed by atoms with Crippen molar-refractivity contribution in [3.8, 4) is 0 Å². The fourth-order valence-electron chi connectivity index (χ4n) is 1.99. The van der Waals surface area contributed by atoms with E-state index in [4.69, 9.17) is 0 Å². The van der Waals surface area contributed by atoms with Crippen LogP contribution in [0.1, 0.15) is 24.6 Å². The monoisotopic (exact) mass is 279 g/mol. The number of hydrogen-bond donors (Lipinski definition) is 1. The molecule has 16 heavy (non-hydrogen) atoms. The topological polar surface area (TPSA) is 32.9 Å². The van der Waals surface area contributed by atoms with Crippen molar-refractivity contribution in [2.75, 3.05) is 0 Å². The number of nitrogens with one attached hydrogen (secondary N) is 1. The van der Waals surface area contributed by atoms with Crippen molar-refractivity contribution >= 4 is 26.8 Å². The molecule has 2 aromatic rings. The minimum atomic E-state index is 0.161. The van der Waals surface area contributed by atoms with Crippen LogP contribution in [0.5, 0.6) is 0 Å². The Balaban J connectivity index is 2.84. The zero-order chi connectivity index (χ0) is 11.7. The number of aryl methyl sites for hydroxylation is 1. The van der Waals surface area contributed by atoms with Crippen molar-refractivity contribution in [2.24, 2.45) is 0 Å². The molecule has 1 aromatic heterocycles. The Labute approximate surface area is 103 Å². The Kier molecular flexibility index (Phi) is 3.15. The largest absolute Gasteiger partial charge is 0.357 e. The van der Waals surface area contributed by atoms with Crippen LogP contribution in [0.15, 0.2) is 27.5 Å². The van der Waals surface area contributed by atoms with Crippen LogP contribution in [0.4, 0.5) is 0 Å². The maximum absolute atomic E-state index is 12.3. The van der Waals surface area contributed by atoms with Crippen LogP contribution in [0.2, 0.25) is 0 Å². The van der Waals surface area contributed by atoms with E-state index in [0.717, 1.165) is 39.5 Å². The van der Waals surface area contributed by atoms with Gasteiger partial charge in [-0.3, -0.25) is 4.79 Å². The molecular formula is C13H14BrNO. The second-order valence-corrected chi connectivity index (χ2v) is 4.82. The molecule has 3 heteroatoms. The van der Waals surface area contributed by atoms with Crippen LogP contribution in [0, 0.1) is 6.92 Å². The van der Waals surface area contributed by atoms with E-state index in [0.29, 0.717) is 0 Å². The lowest BCUT2D eigenvalue weighted by atomic mass is 10.0. The Morgan fingerprint density at radius 3 is 2.81 bits per heavy atom. The SMILES string of the molecule is CCCc1c(C)[nH]c2c(Br)cccc2c1=O. The van der Waals surface area contributed by atoms with Crippen LogP contribution in [0.3, 0.4) is 0 Å². The van der Waals surface area contributed by atoms with E-state index in [1.165, 1.54) is 0 Å². The third-order valence-electron chi connectivity index (χ3n) is 2.80. The third-order valence-corrected chi connectivity index (χ3v) is 3.46. The maximum atomic E-state index is 12.3. The van der Waals surface area contributed by atoms with Gasteiger partial charge in [-0.05, 0) is 41.4 Å². The summed E-state index contributed by atoms with van der Waals surface area (Å²) in [6.45, 7) is 4.05. The highest BCUT2D eigenvalue weighted by atomic mass is 79.9. The van der Waals surface area contributed by atoms with Gasteiger partial charge >= 0.3 is 0 Å². The van der Waals surface area contributed by atoms with E-state index >= 15 is 0 Å². The maximum Gasteiger partial charge on any atom is 0.192 e. The molecule has 0 atom stereocenters. The summed E-state index contributed by atoms with van der Waals surface area (Å²) in [6, 6.07) is 5.71. The summed E-state index contributed by atoms with van der Waals surface area (Å²) in [6.07, 6.45) is 1.83. The number of hydrogen-bond acceptors (Lipinski definition) is 1. The van der Waals surface area contributed by atoms with Gasteiger partial charge in [-0.2, -0.15) is 0 Å². The fraction of sp³-hybridized carbons (Fsp3) is 0.308. The first-order valence-corrected chi connectivity index (χ1v) is 6.24. The highest BCUT2D eigenvalue weighted by Crippen LogP contribution is 2.21. The van der Waals surface area contributed by atoms with Crippen molar-refractivity contribution in [1.82, 2.24) is 4.98 Å². The lowest BCUT2D eigenvalue weighted by molar-refractivity contribution is 0.895. The summed E-state index contributed by atoms with van der Waals surface area (Å²) < 4.78 is 0.938. The first-order valence-electron chi connectivity index (χ1n) is 5.45. The van der Waals surface area contributed by atoms with Crippen molar-refractivity contribution in [1.29, 1.82) is 0 Å². The minimum Gasteiger partial charge on any atom is -0.357 e. The second kappa shape index (κ2) is 4.42.